The highest BCUT2D eigenvalue weighted by atomic mass is 16.5. The molecule has 0 fully saturated rings. The number of methoxy groups -OCH3 is 1. The minimum atomic E-state index is 0.256. The predicted octanol–water partition coefficient (Wildman–Crippen LogP) is 3.12. The molecule has 0 bridgehead atoms. The van der Waals surface area contributed by atoms with E-state index >= 15 is 0 Å². The molecule has 1 N–H and O–H groups in total. The molecule has 2 aromatic rings. The van der Waals surface area contributed by atoms with Gasteiger partial charge in [0.15, 0.2) is 0 Å². The van der Waals surface area contributed by atoms with Crippen LogP contribution in [0.4, 0.5) is 0 Å². The molecule has 3 nitrogen and oxygen atoms in total. The van der Waals surface area contributed by atoms with Gasteiger partial charge in [0.2, 0.25) is 0 Å². The Hall–Kier alpha value is -1.90. The van der Waals surface area contributed by atoms with Gasteiger partial charge in [-0.15, -0.1) is 0 Å². The van der Waals surface area contributed by atoms with Crippen molar-refractivity contribution in [2.75, 3.05) is 7.11 Å². The molecule has 17 heavy (non-hydrogen) atoms. The molecule has 0 aliphatic rings. The zero-order chi connectivity index (χ0) is 12.6. The van der Waals surface area contributed by atoms with Crippen molar-refractivity contribution in [1.29, 1.82) is 0 Å². The molecule has 0 amide bonds. The summed E-state index contributed by atoms with van der Waals surface area (Å²) in [6, 6.07) is 7.81. The lowest BCUT2D eigenvalue weighted by Crippen LogP contribution is -2.00. The maximum absolute atomic E-state index is 9.90. The fourth-order valence-electron chi connectivity index (χ4n) is 2.08. The minimum Gasteiger partial charge on any atom is -0.507 e. The van der Waals surface area contributed by atoms with Gasteiger partial charge in [-0.25, -0.2) is 0 Å². The lowest BCUT2D eigenvalue weighted by atomic mass is 10.1. The topological polar surface area (TPSA) is 34.4 Å². The Bertz CT molecular complexity index is 536. The van der Waals surface area contributed by atoms with Crippen LogP contribution >= 0.6 is 0 Å². The molecule has 0 saturated heterocycles. The van der Waals surface area contributed by atoms with Crippen LogP contribution < -0.4 is 4.74 Å². The molecular weight excluding hydrogens is 214 g/mol. The molecule has 90 valence electrons. The highest BCUT2D eigenvalue weighted by Crippen LogP contribution is 2.31. The summed E-state index contributed by atoms with van der Waals surface area (Å²) in [5.41, 5.74) is 3.95. The number of aromatic nitrogens is 1. The maximum Gasteiger partial charge on any atom is 0.127 e. The summed E-state index contributed by atoms with van der Waals surface area (Å²) < 4.78 is 7.36. The zero-order valence-corrected chi connectivity index (χ0v) is 10.6. The highest BCUT2D eigenvalue weighted by molar-refractivity contribution is 5.53. The number of hydrogen-bond donors (Lipinski definition) is 1. The van der Waals surface area contributed by atoms with Gasteiger partial charge in [0.1, 0.15) is 11.5 Å². The zero-order valence-electron chi connectivity index (χ0n) is 10.6. The average Bonchev–Trinajstić information content (AvgIpc) is 2.62. The monoisotopic (exact) mass is 231 g/mol. The number of hydrogen-bond acceptors (Lipinski definition) is 2. The number of aryl methyl sites for hydroxylation is 2. The van der Waals surface area contributed by atoms with Crippen LogP contribution in [0.2, 0.25) is 0 Å². The summed E-state index contributed by atoms with van der Waals surface area (Å²) in [5.74, 6) is 0.958. The normalized spacial score (nSPS) is 10.6. The predicted molar refractivity (Wildman–Crippen MR) is 68.2 cm³/mol. The van der Waals surface area contributed by atoms with E-state index < -0.39 is 0 Å². The minimum absolute atomic E-state index is 0.256. The van der Waals surface area contributed by atoms with Crippen LogP contribution in [-0.2, 0) is 0 Å². The summed E-state index contributed by atoms with van der Waals surface area (Å²) in [6.07, 6.45) is 0. The fourth-order valence-corrected chi connectivity index (χ4v) is 2.08. The van der Waals surface area contributed by atoms with E-state index in [1.807, 2.05) is 26.8 Å². The number of phenols is 1. The third-order valence-corrected chi connectivity index (χ3v) is 3.07. The van der Waals surface area contributed by atoms with E-state index in [-0.39, 0.29) is 5.75 Å². The fraction of sp³-hybridized carbons (Fsp3) is 0.286. The number of ether oxygens (including phenoxy) is 1. The first kappa shape index (κ1) is 11.6. The Morgan fingerprint density at radius 3 is 2.18 bits per heavy atom. The molecule has 1 aromatic carbocycles. The van der Waals surface area contributed by atoms with Gasteiger partial charge in [-0.2, -0.15) is 0 Å². The Morgan fingerprint density at radius 1 is 1.06 bits per heavy atom. The lowest BCUT2D eigenvalue weighted by molar-refractivity contribution is 0.402. The number of rotatable bonds is 2. The SMILES string of the molecule is COc1cc(-n2c(C)ccc2C)cc(O)c1C. The van der Waals surface area contributed by atoms with Crippen LogP contribution in [0.5, 0.6) is 11.5 Å². The molecule has 0 atom stereocenters. The second-order valence-electron chi connectivity index (χ2n) is 4.24. The summed E-state index contributed by atoms with van der Waals surface area (Å²) in [5, 5.41) is 9.90. The maximum atomic E-state index is 9.90. The van der Waals surface area contributed by atoms with E-state index in [2.05, 4.69) is 16.7 Å². The molecule has 0 aliphatic heterocycles. The van der Waals surface area contributed by atoms with Gasteiger partial charge in [0, 0.05) is 29.1 Å². The Kier molecular flexibility index (Phi) is 2.84. The number of aromatic hydroxyl groups is 1. The molecule has 2 rings (SSSR count). The van der Waals surface area contributed by atoms with Crippen LogP contribution in [0.3, 0.4) is 0 Å². The van der Waals surface area contributed by atoms with Gasteiger partial charge in [-0.3, -0.25) is 0 Å². The van der Waals surface area contributed by atoms with Crippen molar-refractivity contribution < 1.29 is 9.84 Å². The van der Waals surface area contributed by atoms with E-state index in [1.165, 1.54) is 0 Å². The Labute approximate surface area is 101 Å². The van der Waals surface area contributed by atoms with Crippen molar-refractivity contribution in [2.24, 2.45) is 0 Å². The molecule has 3 heteroatoms. The largest absolute Gasteiger partial charge is 0.507 e. The molecule has 0 spiro atoms. The van der Waals surface area contributed by atoms with Crippen LogP contribution in [0, 0.1) is 20.8 Å². The van der Waals surface area contributed by atoms with Gasteiger partial charge in [-0.1, -0.05) is 0 Å². The smallest absolute Gasteiger partial charge is 0.127 e. The van der Waals surface area contributed by atoms with Gasteiger partial charge >= 0.3 is 0 Å². The van der Waals surface area contributed by atoms with E-state index in [4.69, 9.17) is 4.74 Å². The van der Waals surface area contributed by atoms with E-state index in [1.54, 1.807) is 13.2 Å². The molecule has 1 aromatic heterocycles. The summed E-state index contributed by atoms with van der Waals surface area (Å²) in [7, 11) is 1.61. The van der Waals surface area contributed by atoms with Crippen molar-refractivity contribution >= 4 is 0 Å². The van der Waals surface area contributed by atoms with Crippen LogP contribution in [0.1, 0.15) is 17.0 Å². The number of phenolic OH excluding ortho intramolecular Hbond substituents is 1. The Balaban J connectivity index is 2.65. The second-order valence-corrected chi connectivity index (χ2v) is 4.24. The molecular formula is C14H17NO2. The first-order valence-electron chi connectivity index (χ1n) is 5.57. The van der Waals surface area contributed by atoms with Gasteiger partial charge in [-0.05, 0) is 32.9 Å². The second kappa shape index (κ2) is 4.17. The van der Waals surface area contributed by atoms with E-state index in [9.17, 15) is 5.11 Å². The molecule has 0 saturated carbocycles. The van der Waals surface area contributed by atoms with Crippen LogP contribution in [0.15, 0.2) is 24.3 Å². The number of benzene rings is 1. The molecule has 0 aliphatic carbocycles. The van der Waals surface area contributed by atoms with Crippen molar-refractivity contribution in [3.8, 4) is 17.2 Å². The standard InChI is InChI=1S/C14H17NO2/c1-9-5-6-10(2)15(9)12-7-13(16)11(3)14(8-12)17-4/h5-8,16H,1-4H3. The van der Waals surface area contributed by atoms with Crippen LogP contribution in [0.25, 0.3) is 5.69 Å². The third-order valence-electron chi connectivity index (χ3n) is 3.07. The quantitative estimate of drug-likeness (QED) is 0.861. The lowest BCUT2D eigenvalue weighted by Gasteiger charge is -2.13. The van der Waals surface area contributed by atoms with Crippen molar-refractivity contribution in [1.82, 2.24) is 4.57 Å². The first-order valence-corrected chi connectivity index (χ1v) is 5.57. The summed E-state index contributed by atoms with van der Waals surface area (Å²) in [6.45, 7) is 5.92. The highest BCUT2D eigenvalue weighted by Gasteiger charge is 2.10. The molecule has 0 radical (unpaired) electrons. The van der Waals surface area contributed by atoms with E-state index in [0.717, 1.165) is 22.6 Å². The van der Waals surface area contributed by atoms with Gasteiger partial charge < -0.3 is 14.4 Å². The van der Waals surface area contributed by atoms with Gasteiger partial charge in [0.25, 0.3) is 0 Å². The van der Waals surface area contributed by atoms with Crippen molar-refractivity contribution in [3.63, 3.8) is 0 Å². The van der Waals surface area contributed by atoms with E-state index in [0.29, 0.717) is 5.75 Å². The molecule has 0 unspecified atom stereocenters. The number of nitrogens with zero attached hydrogens (tertiary/aromatic N) is 1. The average molecular weight is 231 g/mol. The Morgan fingerprint density at radius 2 is 1.65 bits per heavy atom. The molecule has 1 heterocycles. The first-order chi connectivity index (χ1) is 8.04. The summed E-state index contributed by atoms with van der Waals surface area (Å²) in [4.78, 5) is 0. The van der Waals surface area contributed by atoms with Crippen LogP contribution in [-0.4, -0.2) is 16.8 Å². The third kappa shape index (κ3) is 1.88. The van der Waals surface area contributed by atoms with Crippen molar-refractivity contribution in [2.45, 2.75) is 20.8 Å². The van der Waals surface area contributed by atoms with Gasteiger partial charge in [0.05, 0.1) is 12.8 Å². The van der Waals surface area contributed by atoms with Crippen molar-refractivity contribution in [3.05, 3.63) is 41.2 Å². The summed E-state index contributed by atoms with van der Waals surface area (Å²) >= 11 is 0.